The molecule has 2 rings (SSSR count). The third-order valence-corrected chi connectivity index (χ3v) is 4.86. The highest BCUT2D eigenvalue weighted by atomic mass is 35.5. The molecule has 0 aliphatic carbocycles. The molecule has 0 heterocycles. The minimum absolute atomic E-state index is 0.119. The molecule has 0 spiro atoms. The van der Waals surface area contributed by atoms with Crippen molar-refractivity contribution in [2.75, 3.05) is 13.2 Å². The van der Waals surface area contributed by atoms with Crippen molar-refractivity contribution in [3.63, 3.8) is 0 Å². The summed E-state index contributed by atoms with van der Waals surface area (Å²) < 4.78 is 11.2. The van der Waals surface area contributed by atoms with E-state index in [-0.39, 0.29) is 5.91 Å². The van der Waals surface area contributed by atoms with E-state index in [4.69, 9.17) is 21.1 Å². The van der Waals surface area contributed by atoms with Gasteiger partial charge in [-0.25, -0.2) is 0 Å². The molecule has 0 saturated heterocycles. The molecular formula is C22H28ClNO3. The Balaban J connectivity index is 1.75. The molecule has 0 aromatic heterocycles. The van der Waals surface area contributed by atoms with E-state index in [1.807, 2.05) is 45.0 Å². The number of hydrogen-bond donors (Lipinski definition) is 1. The van der Waals surface area contributed by atoms with Crippen LogP contribution in [-0.2, 0) is 11.2 Å². The van der Waals surface area contributed by atoms with E-state index in [0.29, 0.717) is 18.9 Å². The van der Waals surface area contributed by atoms with Gasteiger partial charge in [0.1, 0.15) is 11.5 Å². The van der Waals surface area contributed by atoms with Crippen LogP contribution in [0.1, 0.15) is 37.0 Å². The largest absolute Gasteiger partial charge is 0.494 e. The van der Waals surface area contributed by atoms with E-state index >= 15 is 0 Å². The SMILES string of the molecule is CCOc1ccc(CCCNC(=O)[C@@H](C)Oc2cc(C)c(Cl)c(C)c2)cc1. The second kappa shape index (κ2) is 10.2. The number of ether oxygens (including phenoxy) is 2. The summed E-state index contributed by atoms with van der Waals surface area (Å²) in [5.41, 5.74) is 3.10. The van der Waals surface area contributed by atoms with Crippen molar-refractivity contribution >= 4 is 17.5 Å². The molecule has 5 heteroatoms. The Labute approximate surface area is 166 Å². The fourth-order valence-electron chi connectivity index (χ4n) is 2.80. The van der Waals surface area contributed by atoms with Crippen molar-refractivity contribution in [3.8, 4) is 11.5 Å². The first kappa shape index (κ1) is 21.1. The third-order valence-electron chi connectivity index (χ3n) is 4.27. The Bertz CT molecular complexity index is 736. The highest BCUT2D eigenvalue weighted by molar-refractivity contribution is 6.32. The van der Waals surface area contributed by atoms with Crippen LogP contribution in [0.15, 0.2) is 36.4 Å². The van der Waals surface area contributed by atoms with Crippen LogP contribution in [0.3, 0.4) is 0 Å². The molecule has 0 bridgehead atoms. The van der Waals surface area contributed by atoms with E-state index in [9.17, 15) is 4.79 Å². The number of carbonyl (C=O) groups excluding carboxylic acids is 1. The lowest BCUT2D eigenvalue weighted by molar-refractivity contribution is -0.127. The summed E-state index contributed by atoms with van der Waals surface area (Å²) in [7, 11) is 0. The molecule has 0 aliphatic heterocycles. The maximum atomic E-state index is 12.2. The molecular weight excluding hydrogens is 362 g/mol. The monoisotopic (exact) mass is 389 g/mol. The molecule has 0 fully saturated rings. The first-order chi connectivity index (χ1) is 12.9. The molecule has 0 saturated carbocycles. The lowest BCUT2D eigenvalue weighted by atomic mass is 10.1. The van der Waals surface area contributed by atoms with Gasteiger partial charge in [0.15, 0.2) is 6.10 Å². The van der Waals surface area contributed by atoms with Crippen LogP contribution < -0.4 is 14.8 Å². The molecule has 0 aliphatic rings. The fourth-order valence-corrected chi connectivity index (χ4v) is 2.91. The van der Waals surface area contributed by atoms with E-state index in [0.717, 1.165) is 34.7 Å². The number of nitrogens with one attached hydrogen (secondary N) is 1. The van der Waals surface area contributed by atoms with Crippen LogP contribution in [0.2, 0.25) is 5.02 Å². The molecule has 146 valence electrons. The van der Waals surface area contributed by atoms with Crippen molar-refractivity contribution in [1.29, 1.82) is 0 Å². The summed E-state index contributed by atoms with van der Waals surface area (Å²) in [5, 5.41) is 3.66. The Morgan fingerprint density at radius 2 is 1.74 bits per heavy atom. The van der Waals surface area contributed by atoms with Gasteiger partial charge in [0.2, 0.25) is 0 Å². The molecule has 0 radical (unpaired) electrons. The van der Waals surface area contributed by atoms with Gasteiger partial charge in [-0.05, 0) is 81.5 Å². The first-order valence-corrected chi connectivity index (χ1v) is 9.71. The van der Waals surface area contributed by atoms with E-state index in [1.54, 1.807) is 6.92 Å². The summed E-state index contributed by atoms with van der Waals surface area (Å²) in [6.07, 6.45) is 1.21. The normalized spacial score (nSPS) is 11.7. The predicted octanol–water partition coefficient (Wildman–Crippen LogP) is 4.87. The number of halogens is 1. The quantitative estimate of drug-likeness (QED) is 0.622. The summed E-state index contributed by atoms with van der Waals surface area (Å²) in [5.74, 6) is 1.42. The van der Waals surface area contributed by atoms with Gasteiger partial charge in [-0.1, -0.05) is 23.7 Å². The second-order valence-corrected chi connectivity index (χ2v) is 6.98. The molecule has 2 aromatic carbocycles. The predicted molar refractivity (Wildman–Crippen MR) is 110 cm³/mol. The maximum absolute atomic E-state index is 12.2. The van der Waals surface area contributed by atoms with Gasteiger partial charge >= 0.3 is 0 Å². The minimum atomic E-state index is -0.560. The average Bonchev–Trinajstić information content (AvgIpc) is 2.64. The number of hydrogen-bond acceptors (Lipinski definition) is 3. The van der Waals surface area contributed by atoms with Gasteiger partial charge in [-0.3, -0.25) is 4.79 Å². The molecule has 1 N–H and O–H groups in total. The lowest BCUT2D eigenvalue weighted by Gasteiger charge is -2.16. The molecule has 27 heavy (non-hydrogen) atoms. The summed E-state index contributed by atoms with van der Waals surface area (Å²) in [4.78, 5) is 12.2. The molecule has 0 unspecified atom stereocenters. The van der Waals surface area contributed by atoms with Gasteiger partial charge in [0.25, 0.3) is 5.91 Å². The van der Waals surface area contributed by atoms with Gasteiger partial charge in [-0.2, -0.15) is 0 Å². The van der Waals surface area contributed by atoms with Crippen LogP contribution in [0.4, 0.5) is 0 Å². The smallest absolute Gasteiger partial charge is 0.260 e. The fraction of sp³-hybridized carbons (Fsp3) is 0.409. The summed E-state index contributed by atoms with van der Waals surface area (Å²) in [6.45, 7) is 8.85. The summed E-state index contributed by atoms with van der Waals surface area (Å²) in [6, 6.07) is 11.8. The summed E-state index contributed by atoms with van der Waals surface area (Å²) >= 11 is 6.17. The van der Waals surface area contributed by atoms with Crippen LogP contribution >= 0.6 is 11.6 Å². The zero-order chi connectivity index (χ0) is 19.8. The molecule has 1 amide bonds. The van der Waals surface area contributed by atoms with E-state index in [2.05, 4.69) is 17.4 Å². The molecule has 4 nitrogen and oxygen atoms in total. The standard InChI is InChI=1S/C22H28ClNO3/c1-5-26-19-10-8-18(9-11-19)7-6-12-24-22(25)17(4)27-20-13-15(2)21(23)16(3)14-20/h8-11,13-14,17H,5-7,12H2,1-4H3,(H,24,25)/t17-/m1/s1. The molecule has 2 aromatic rings. The zero-order valence-corrected chi connectivity index (χ0v) is 17.2. The Morgan fingerprint density at radius 3 is 2.33 bits per heavy atom. The second-order valence-electron chi connectivity index (χ2n) is 6.60. The highest BCUT2D eigenvalue weighted by Gasteiger charge is 2.15. The number of carbonyl (C=O) groups is 1. The van der Waals surface area contributed by atoms with Gasteiger partial charge in [-0.15, -0.1) is 0 Å². The average molecular weight is 390 g/mol. The number of aryl methyl sites for hydroxylation is 3. The number of rotatable bonds is 9. The van der Waals surface area contributed by atoms with Crippen molar-refractivity contribution in [2.24, 2.45) is 0 Å². The maximum Gasteiger partial charge on any atom is 0.260 e. The van der Waals surface area contributed by atoms with Crippen LogP contribution in [0.25, 0.3) is 0 Å². The van der Waals surface area contributed by atoms with Crippen molar-refractivity contribution in [2.45, 2.75) is 46.6 Å². The van der Waals surface area contributed by atoms with Gasteiger partial charge in [0, 0.05) is 11.6 Å². The van der Waals surface area contributed by atoms with E-state index in [1.165, 1.54) is 5.56 Å². The van der Waals surface area contributed by atoms with Crippen LogP contribution in [0, 0.1) is 13.8 Å². The van der Waals surface area contributed by atoms with Crippen molar-refractivity contribution in [3.05, 3.63) is 58.1 Å². The van der Waals surface area contributed by atoms with Crippen molar-refractivity contribution in [1.82, 2.24) is 5.32 Å². The highest BCUT2D eigenvalue weighted by Crippen LogP contribution is 2.26. The first-order valence-electron chi connectivity index (χ1n) is 9.33. The lowest BCUT2D eigenvalue weighted by Crippen LogP contribution is -2.37. The minimum Gasteiger partial charge on any atom is -0.494 e. The van der Waals surface area contributed by atoms with Crippen molar-refractivity contribution < 1.29 is 14.3 Å². The van der Waals surface area contributed by atoms with E-state index < -0.39 is 6.10 Å². The molecule has 1 atom stereocenters. The number of amides is 1. The Kier molecular flexibility index (Phi) is 7.99. The number of benzene rings is 2. The van der Waals surface area contributed by atoms with Gasteiger partial charge in [0.05, 0.1) is 6.61 Å². The van der Waals surface area contributed by atoms with Crippen LogP contribution in [-0.4, -0.2) is 25.2 Å². The topological polar surface area (TPSA) is 47.6 Å². The third kappa shape index (κ3) is 6.47. The van der Waals surface area contributed by atoms with Crippen LogP contribution in [0.5, 0.6) is 11.5 Å². The Hall–Kier alpha value is -2.20. The Morgan fingerprint density at radius 1 is 1.11 bits per heavy atom. The van der Waals surface area contributed by atoms with Gasteiger partial charge < -0.3 is 14.8 Å². The zero-order valence-electron chi connectivity index (χ0n) is 16.5.